The van der Waals surface area contributed by atoms with Gasteiger partial charge in [-0.25, -0.2) is 9.97 Å². The van der Waals surface area contributed by atoms with Gasteiger partial charge in [-0.2, -0.15) is 0 Å². The molecule has 0 bridgehead atoms. The van der Waals surface area contributed by atoms with Crippen molar-refractivity contribution in [3.05, 3.63) is 70.5 Å². The molecule has 0 spiro atoms. The highest BCUT2D eigenvalue weighted by molar-refractivity contribution is 6.42. The molecule has 3 rings (SSSR count). The number of hydrogen-bond acceptors (Lipinski definition) is 5. The summed E-state index contributed by atoms with van der Waals surface area (Å²) in [4.78, 5) is 20.7. The molecular weight excluding hydrogens is 375 g/mol. The van der Waals surface area contributed by atoms with E-state index in [0.29, 0.717) is 27.2 Å². The fourth-order valence-electron chi connectivity index (χ4n) is 2.12. The molecule has 26 heavy (non-hydrogen) atoms. The first kappa shape index (κ1) is 18.0. The largest absolute Gasteiger partial charge is 0.497 e. The number of benzene rings is 2. The summed E-state index contributed by atoms with van der Waals surface area (Å²) >= 11 is 11.9. The lowest BCUT2D eigenvalue weighted by Crippen LogP contribution is -2.14. The van der Waals surface area contributed by atoms with Crippen molar-refractivity contribution in [2.24, 2.45) is 0 Å². The van der Waals surface area contributed by atoms with Crippen LogP contribution in [0, 0.1) is 0 Å². The third kappa shape index (κ3) is 4.41. The molecule has 0 unspecified atom stereocenters. The van der Waals surface area contributed by atoms with Crippen LogP contribution < -0.4 is 15.4 Å². The van der Waals surface area contributed by atoms with Crippen molar-refractivity contribution >= 4 is 46.4 Å². The van der Waals surface area contributed by atoms with Gasteiger partial charge in [0.25, 0.3) is 5.91 Å². The monoisotopic (exact) mass is 388 g/mol. The van der Waals surface area contributed by atoms with E-state index in [-0.39, 0.29) is 17.5 Å². The first-order valence-electron chi connectivity index (χ1n) is 7.55. The summed E-state index contributed by atoms with van der Waals surface area (Å²) < 4.78 is 5.09. The summed E-state index contributed by atoms with van der Waals surface area (Å²) in [6.45, 7) is 0. The number of carbonyl (C=O) groups excluding carboxylic acids is 1. The average Bonchev–Trinajstić information content (AvgIpc) is 2.65. The molecule has 1 aromatic heterocycles. The maximum absolute atomic E-state index is 12.4. The zero-order valence-electron chi connectivity index (χ0n) is 13.7. The van der Waals surface area contributed by atoms with Gasteiger partial charge >= 0.3 is 0 Å². The number of anilines is 3. The van der Waals surface area contributed by atoms with Crippen molar-refractivity contribution in [2.75, 3.05) is 17.7 Å². The van der Waals surface area contributed by atoms with Gasteiger partial charge in [0.1, 0.15) is 11.4 Å². The number of aromatic nitrogens is 2. The highest BCUT2D eigenvalue weighted by Gasteiger charge is 2.10. The summed E-state index contributed by atoms with van der Waals surface area (Å²) in [5.41, 5.74) is 1.51. The third-order valence-corrected chi connectivity index (χ3v) is 4.15. The third-order valence-electron chi connectivity index (χ3n) is 3.41. The summed E-state index contributed by atoms with van der Waals surface area (Å²) in [5.74, 6) is 0.624. The highest BCUT2D eigenvalue weighted by Crippen LogP contribution is 2.26. The fourth-order valence-corrected chi connectivity index (χ4v) is 2.42. The van der Waals surface area contributed by atoms with Crippen LogP contribution in [0.1, 0.15) is 10.5 Å². The minimum Gasteiger partial charge on any atom is -0.497 e. The fraction of sp³-hybridized carbons (Fsp3) is 0.0556. The minimum absolute atomic E-state index is 0.221. The van der Waals surface area contributed by atoms with E-state index < -0.39 is 0 Å². The standard InChI is InChI=1S/C18H14Cl2N4O2/c1-26-13-5-2-11(3-6-13)22-17(25)16-8-9-21-18(24-16)23-12-4-7-14(19)15(20)10-12/h2-10H,1H3,(H,22,25)(H,21,23,24). The maximum Gasteiger partial charge on any atom is 0.274 e. The summed E-state index contributed by atoms with van der Waals surface area (Å²) in [6.07, 6.45) is 1.50. The number of ether oxygens (including phenoxy) is 1. The van der Waals surface area contributed by atoms with Crippen LogP contribution in [-0.4, -0.2) is 23.0 Å². The van der Waals surface area contributed by atoms with Crippen molar-refractivity contribution in [3.63, 3.8) is 0 Å². The Morgan fingerprint density at radius 3 is 2.42 bits per heavy atom. The second kappa shape index (κ2) is 8.03. The van der Waals surface area contributed by atoms with Gasteiger partial charge in [-0.3, -0.25) is 4.79 Å². The molecular formula is C18H14Cl2N4O2. The van der Waals surface area contributed by atoms with Crippen LogP contribution in [0.15, 0.2) is 54.7 Å². The molecule has 1 heterocycles. The van der Waals surface area contributed by atoms with Crippen LogP contribution in [-0.2, 0) is 0 Å². The van der Waals surface area contributed by atoms with Crippen molar-refractivity contribution in [3.8, 4) is 5.75 Å². The zero-order valence-corrected chi connectivity index (χ0v) is 15.2. The number of nitrogens with zero attached hydrogens (tertiary/aromatic N) is 2. The van der Waals surface area contributed by atoms with E-state index in [1.54, 1.807) is 49.6 Å². The Hall–Kier alpha value is -2.83. The number of hydrogen-bond donors (Lipinski definition) is 2. The van der Waals surface area contributed by atoms with Gasteiger partial charge in [0.15, 0.2) is 0 Å². The zero-order chi connectivity index (χ0) is 18.5. The lowest BCUT2D eigenvalue weighted by molar-refractivity contribution is 0.102. The molecule has 0 aliphatic rings. The number of nitrogens with one attached hydrogen (secondary N) is 2. The van der Waals surface area contributed by atoms with E-state index in [9.17, 15) is 4.79 Å². The van der Waals surface area contributed by atoms with E-state index in [2.05, 4.69) is 20.6 Å². The van der Waals surface area contributed by atoms with Crippen LogP contribution in [0.2, 0.25) is 10.0 Å². The molecule has 0 radical (unpaired) electrons. The minimum atomic E-state index is -0.352. The number of methoxy groups -OCH3 is 1. The molecule has 1 amide bonds. The molecule has 6 nitrogen and oxygen atoms in total. The van der Waals surface area contributed by atoms with E-state index in [4.69, 9.17) is 27.9 Å². The topological polar surface area (TPSA) is 76.1 Å². The summed E-state index contributed by atoms with van der Waals surface area (Å²) in [7, 11) is 1.58. The molecule has 2 N–H and O–H groups in total. The van der Waals surface area contributed by atoms with Gasteiger partial charge in [0.2, 0.25) is 5.95 Å². The maximum atomic E-state index is 12.4. The first-order chi connectivity index (χ1) is 12.5. The van der Waals surface area contributed by atoms with Gasteiger partial charge < -0.3 is 15.4 Å². The Morgan fingerprint density at radius 1 is 1.00 bits per heavy atom. The van der Waals surface area contributed by atoms with Gasteiger partial charge in [0, 0.05) is 17.6 Å². The second-order valence-corrected chi connectivity index (χ2v) is 6.02. The summed E-state index contributed by atoms with van der Waals surface area (Å²) in [6, 6.07) is 13.6. The SMILES string of the molecule is COc1ccc(NC(=O)c2ccnc(Nc3ccc(Cl)c(Cl)c3)n2)cc1. The van der Waals surface area contributed by atoms with Crippen LogP contribution in [0.3, 0.4) is 0 Å². The number of amides is 1. The molecule has 8 heteroatoms. The van der Waals surface area contributed by atoms with Crippen LogP contribution in [0.25, 0.3) is 0 Å². The van der Waals surface area contributed by atoms with Crippen molar-refractivity contribution in [2.45, 2.75) is 0 Å². The smallest absolute Gasteiger partial charge is 0.274 e. The predicted molar refractivity (Wildman–Crippen MR) is 103 cm³/mol. The van der Waals surface area contributed by atoms with E-state index in [1.807, 2.05) is 0 Å². The Labute approximate surface area is 160 Å². The quantitative estimate of drug-likeness (QED) is 0.656. The molecule has 132 valence electrons. The summed E-state index contributed by atoms with van der Waals surface area (Å²) in [5, 5.41) is 6.61. The van der Waals surface area contributed by atoms with Gasteiger partial charge in [-0.05, 0) is 48.5 Å². The highest BCUT2D eigenvalue weighted by atomic mass is 35.5. The molecule has 0 fully saturated rings. The lowest BCUT2D eigenvalue weighted by atomic mass is 10.3. The lowest BCUT2D eigenvalue weighted by Gasteiger charge is -2.08. The van der Waals surface area contributed by atoms with E-state index in [0.717, 1.165) is 0 Å². The van der Waals surface area contributed by atoms with Crippen LogP contribution >= 0.6 is 23.2 Å². The molecule has 2 aromatic carbocycles. The molecule has 0 saturated carbocycles. The normalized spacial score (nSPS) is 10.3. The van der Waals surface area contributed by atoms with Crippen LogP contribution in [0.4, 0.5) is 17.3 Å². The first-order valence-corrected chi connectivity index (χ1v) is 8.31. The van der Waals surface area contributed by atoms with E-state index in [1.165, 1.54) is 12.3 Å². The van der Waals surface area contributed by atoms with Crippen molar-refractivity contribution in [1.29, 1.82) is 0 Å². The number of halogens is 2. The molecule has 0 atom stereocenters. The van der Waals surface area contributed by atoms with Gasteiger partial charge in [-0.1, -0.05) is 23.2 Å². The number of rotatable bonds is 5. The predicted octanol–water partition coefficient (Wildman–Crippen LogP) is 4.79. The Balaban J connectivity index is 1.73. The molecule has 3 aromatic rings. The Morgan fingerprint density at radius 2 is 1.73 bits per heavy atom. The number of carbonyl (C=O) groups is 1. The second-order valence-electron chi connectivity index (χ2n) is 5.20. The average molecular weight is 389 g/mol. The van der Waals surface area contributed by atoms with E-state index >= 15 is 0 Å². The Kier molecular flexibility index (Phi) is 5.55. The van der Waals surface area contributed by atoms with Gasteiger partial charge in [0.05, 0.1) is 17.2 Å². The molecule has 0 aliphatic heterocycles. The van der Waals surface area contributed by atoms with Crippen molar-refractivity contribution in [1.82, 2.24) is 9.97 Å². The van der Waals surface area contributed by atoms with Gasteiger partial charge in [-0.15, -0.1) is 0 Å². The van der Waals surface area contributed by atoms with Crippen LogP contribution in [0.5, 0.6) is 5.75 Å². The molecule has 0 aliphatic carbocycles. The molecule has 0 saturated heterocycles. The van der Waals surface area contributed by atoms with Crippen molar-refractivity contribution < 1.29 is 9.53 Å². The Bertz CT molecular complexity index is 933.